The van der Waals surface area contributed by atoms with Gasteiger partial charge in [-0.2, -0.15) is 0 Å². The van der Waals surface area contributed by atoms with Crippen LogP contribution >= 0.6 is 22.6 Å². The molecular formula is C36H50IN7O5. The fourth-order valence-corrected chi connectivity index (χ4v) is 6.65. The number of alkyl carbamates (subject to hydrolysis) is 1. The molecule has 0 bridgehead atoms. The van der Waals surface area contributed by atoms with Crippen LogP contribution in [-0.4, -0.2) is 72.0 Å². The molecule has 0 saturated heterocycles. The van der Waals surface area contributed by atoms with Crippen molar-refractivity contribution in [3.05, 3.63) is 74.5 Å². The Morgan fingerprint density at radius 1 is 0.898 bits per heavy atom. The van der Waals surface area contributed by atoms with Crippen molar-refractivity contribution in [3.63, 3.8) is 0 Å². The van der Waals surface area contributed by atoms with Gasteiger partial charge in [-0.15, -0.1) is 0 Å². The Kier molecular flexibility index (Phi) is 12.6. The average molecular weight is 788 g/mol. The molecule has 2 aliphatic rings. The number of carbonyl (C=O) groups is 2. The molecule has 2 aliphatic carbocycles. The van der Waals surface area contributed by atoms with Crippen molar-refractivity contribution >= 4 is 46.4 Å². The third-order valence-electron chi connectivity index (χ3n) is 8.45. The molecule has 0 unspecified atom stereocenters. The van der Waals surface area contributed by atoms with Crippen molar-refractivity contribution in [3.8, 4) is 5.69 Å². The summed E-state index contributed by atoms with van der Waals surface area (Å²) >= 11 is 2.23. The Bertz CT molecular complexity index is 1620. The molecule has 5 rings (SSSR count). The van der Waals surface area contributed by atoms with Crippen molar-refractivity contribution in [2.45, 2.75) is 122 Å². The summed E-state index contributed by atoms with van der Waals surface area (Å²) < 4.78 is 8.01. The first-order valence-corrected chi connectivity index (χ1v) is 17.9. The van der Waals surface area contributed by atoms with Crippen molar-refractivity contribution in [2.24, 2.45) is 0 Å². The van der Waals surface area contributed by atoms with E-state index in [2.05, 4.69) is 48.5 Å². The standard InChI is InChI=1S/C21H28N4O3.C15H22IN3O2/c1-14-6-5-11-25(19(14)26)17-9-10-18(22-13-17)23-15-7-8-16(12-15)24-20(27)28-21(2,3)4;1-15(2,3)19(14(20)21)12-6-5-11(8-12)18-13-7-4-10(16)9-17-13/h5-6,9-11,13,15-16H,7-8,12H2,1-4H3,(H,22,23)(H,24,27);4,7,9,11-12H,5-6,8H2,1-3H3,(H,17,18)(H,20,21)/t15-,16-;11-,12-/m00/s1. The number of aromatic nitrogens is 3. The Balaban J connectivity index is 0.000000230. The van der Waals surface area contributed by atoms with Crippen LogP contribution in [0, 0.1) is 10.5 Å². The van der Waals surface area contributed by atoms with Crippen molar-refractivity contribution < 1.29 is 19.4 Å². The molecule has 0 aliphatic heterocycles. The lowest BCUT2D eigenvalue weighted by Gasteiger charge is -2.38. The first kappa shape index (κ1) is 37.9. The Morgan fingerprint density at radius 2 is 1.51 bits per heavy atom. The predicted molar refractivity (Wildman–Crippen MR) is 201 cm³/mol. The molecule has 0 radical (unpaired) electrons. The van der Waals surface area contributed by atoms with E-state index in [1.807, 2.05) is 78.1 Å². The number of aryl methyl sites for hydroxylation is 1. The fraction of sp³-hybridized carbons (Fsp3) is 0.528. The summed E-state index contributed by atoms with van der Waals surface area (Å²) in [6, 6.07) is 12.1. The maximum atomic E-state index is 12.2. The van der Waals surface area contributed by atoms with Crippen molar-refractivity contribution in [2.75, 3.05) is 10.6 Å². The largest absolute Gasteiger partial charge is 0.465 e. The van der Waals surface area contributed by atoms with Crippen LogP contribution < -0.4 is 21.5 Å². The topological polar surface area (TPSA) is 151 Å². The van der Waals surface area contributed by atoms with Crippen molar-refractivity contribution in [1.29, 1.82) is 0 Å². The van der Waals surface area contributed by atoms with E-state index in [9.17, 15) is 19.5 Å². The number of nitrogens with one attached hydrogen (secondary N) is 3. The van der Waals surface area contributed by atoms with Crippen LogP contribution in [0.5, 0.6) is 0 Å². The number of hydrogen-bond donors (Lipinski definition) is 4. The summed E-state index contributed by atoms with van der Waals surface area (Å²) in [7, 11) is 0. The number of carbonyl (C=O) groups excluding carboxylic acids is 1. The fourth-order valence-electron chi connectivity index (χ4n) is 6.33. The molecule has 0 spiro atoms. The number of carboxylic acid groups (broad SMARTS) is 1. The highest BCUT2D eigenvalue weighted by Gasteiger charge is 2.38. The minimum atomic E-state index is -0.833. The van der Waals surface area contributed by atoms with Crippen molar-refractivity contribution in [1.82, 2.24) is 24.8 Å². The van der Waals surface area contributed by atoms with Gasteiger partial charge in [-0.05, 0) is 140 Å². The van der Waals surface area contributed by atoms with E-state index >= 15 is 0 Å². The van der Waals surface area contributed by atoms with Crippen LogP contribution in [0.3, 0.4) is 0 Å². The molecule has 13 heteroatoms. The van der Waals surface area contributed by atoms with Crippen LogP contribution in [0.15, 0.2) is 59.8 Å². The van der Waals surface area contributed by atoms with Gasteiger partial charge in [-0.25, -0.2) is 19.6 Å². The molecule has 2 saturated carbocycles. The van der Waals surface area contributed by atoms with E-state index in [-0.39, 0.29) is 41.4 Å². The molecule has 266 valence electrons. The van der Waals surface area contributed by atoms with Gasteiger partial charge >= 0.3 is 12.2 Å². The van der Waals surface area contributed by atoms with Gasteiger partial charge in [-0.1, -0.05) is 6.07 Å². The van der Waals surface area contributed by atoms with Gasteiger partial charge in [0.2, 0.25) is 0 Å². The number of ether oxygens (including phenoxy) is 1. The molecule has 12 nitrogen and oxygen atoms in total. The number of pyridine rings is 3. The molecule has 2 amide bonds. The van der Waals surface area contributed by atoms with Gasteiger partial charge in [0.05, 0.1) is 11.9 Å². The molecule has 4 N–H and O–H groups in total. The molecule has 3 aromatic rings. The zero-order valence-electron chi connectivity index (χ0n) is 29.5. The van der Waals surface area contributed by atoms with Gasteiger partial charge in [0.1, 0.15) is 17.2 Å². The van der Waals surface area contributed by atoms with E-state index in [1.54, 1.807) is 34.9 Å². The Labute approximate surface area is 302 Å². The van der Waals surface area contributed by atoms with Crippen LogP contribution in [0.1, 0.15) is 85.6 Å². The summed E-state index contributed by atoms with van der Waals surface area (Å²) in [6.45, 7) is 13.2. The van der Waals surface area contributed by atoms with Crippen LogP contribution in [0.2, 0.25) is 0 Å². The van der Waals surface area contributed by atoms with Crippen LogP contribution in [0.25, 0.3) is 5.69 Å². The van der Waals surface area contributed by atoms with Gasteiger partial charge < -0.3 is 30.7 Å². The third-order valence-corrected chi connectivity index (χ3v) is 9.09. The summed E-state index contributed by atoms with van der Waals surface area (Å²) in [6.07, 6.45) is 9.41. The lowest BCUT2D eigenvalue weighted by Crippen LogP contribution is -2.50. The average Bonchev–Trinajstić information content (AvgIpc) is 3.63. The van der Waals surface area contributed by atoms with Crippen LogP contribution in [0.4, 0.5) is 21.2 Å². The van der Waals surface area contributed by atoms with Gasteiger partial charge in [-0.3, -0.25) is 9.36 Å². The number of amides is 2. The third kappa shape index (κ3) is 11.3. The molecule has 4 atom stereocenters. The Morgan fingerprint density at radius 3 is 2.08 bits per heavy atom. The Hall–Kier alpha value is -3.88. The SMILES string of the molecule is CC(C)(C)N(C(=O)O)[C@H]1CC[C@H](Nc2ccc(I)cn2)C1.Cc1cccn(-c2ccc(N[C@H]3CC[C@H](NC(=O)OC(C)(C)C)C3)nc2)c1=O. The normalized spacial score (nSPS) is 20.5. The minimum absolute atomic E-state index is 0.0446. The molecular weight excluding hydrogens is 737 g/mol. The number of rotatable bonds is 7. The van der Waals surface area contributed by atoms with Gasteiger partial charge in [0.15, 0.2) is 0 Å². The number of nitrogens with zero attached hydrogens (tertiary/aromatic N) is 4. The lowest BCUT2D eigenvalue weighted by atomic mass is 10.0. The summed E-state index contributed by atoms with van der Waals surface area (Å²) in [5, 5.41) is 19.2. The molecule has 3 heterocycles. The second-order valence-corrected chi connectivity index (χ2v) is 16.0. The van der Waals surface area contributed by atoms with E-state index in [0.717, 1.165) is 59.4 Å². The van der Waals surface area contributed by atoms with Gasteiger partial charge in [0.25, 0.3) is 5.56 Å². The van der Waals surface area contributed by atoms with E-state index in [0.29, 0.717) is 5.56 Å². The summed E-state index contributed by atoms with van der Waals surface area (Å²) in [5.74, 6) is 1.62. The first-order valence-electron chi connectivity index (χ1n) is 16.8. The predicted octanol–water partition coefficient (Wildman–Crippen LogP) is 7.20. The highest BCUT2D eigenvalue weighted by molar-refractivity contribution is 14.1. The lowest BCUT2D eigenvalue weighted by molar-refractivity contribution is 0.0504. The maximum absolute atomic E-state index is 12.2. The van der Waals surface area contributed by atoms with E-state index < -0.39 is 11.7 Å². The number of halogens is 1. The highest BCUT2D eigenvalue weighted by Crippen LogP contribution is 2.31. The quantitative estimate of drug-likeness (QED) is 0.183. The van der Waals surface area contributed by atoms with E-state index in [4.69, 9.17) is 4.74 Å². The minimum Gasteiger partial charge on any atom is -0.465 e. The zero-order chi connectivity index (χ0) is 35.9. The van der Waals surface area contributed by atoms with Crippen LogP contribution in [-0.2, 0) is 4.74 Å². The molecule has 2 fully saturated rings. The first-order chi connectivity index (χ1) is 23.0. The second-order valence-electron chi connectivity index (χ2n) is 14.8. The monoisotopic (exact) mass is 787 g/mol. The smallest absolute Gasteiger partial charge is 0.407 e. The molecule has 49 heavy (non-hydrogen) atoms. The maximum Gasteiger partial charge on any atom is 0.407 e. The van der Waals surface area contributed by atoms with Gasteiger partial charge in [0, 0.05) is 51.2 Å². The summed E-state index contributed by atoms with van der Waals surface area (Å²) in [5.41, 5.74) is 0.517. The summed E-state index contributed by atoms with van der Waals surface area (Å²) in [4.78, 5) is 46.0. The number of anilines is 2. The highest BCUT2D eigenvalue weighted by atomic mass is 127. The zero-order valence-corrected chi connectivity index (χ0v) is 31.7. The molecule has 3 aromatic heterocycles. The van der Waals surface area contributed by atoms with E-state index in [1.165, 1.54) is 0 Å². The number of hydrogen-bond acceptors (Lipinski definition) is 8. The molecule has 0 aromatic carbocycles. The second kappa shape index (κ2) is 16.2.